The standard InChI is InChI=1S/C38H58F2N5O8PS2/c1-4-6-7-8-9-10-11-12-13-14-15-16-17-18-19-20-21-22-33(46)41-24-27-55-56-28-25-42-54(50,43-29-34(47)51-5-2)52-30-32-35(48)38(39,40)36(53-32)45-26-23-31(3)44-37(45)49/h6-7,9-10,12-13,15-16,18-19,23,26,32,35-36,48H,4-5,8,11,14,17,20-22,24-25,27-30H2,1-3H3,(H,41,46)(H2,42,43,50). The topological polar surface area (TPSA) is 170 Å². The van der Waals surface area contributed by atoms with Gasteiger partial charge in [-0.15, -0.1) is 0 Å². The van der Waals surface area contributed by atoms with Crippen molar-refractivity contribution in [3.63, 3.8) is 0 Å². The van der Waals surface area contributed by atoms with E-state index < -0.39 is 56.8 Å². The molecule has 1 amide bonds. The third-order valence-electron chi connectivity index (χ3n) is 7.79. The van der Waals surface area contributed by atoms with Crippen molar-refractivity contribution in [3.8, 4) is 0 Å². The Labute approximate surface area is 337 Å². The van der Waals surface area contributed by atoms with Crippen molar-refractivity contribution in [2.45, 2.75) is 96.5 Å². The fourth-order valence-electron chi connectivity index (χ4n) is 4.91. The molecule has 1 aromatic rings. The van der Waals surface area contributed by atoms with E-state index in [9.17, 15) is 32.8 Å². The van der Waals surface area contributed by atoms with Crippen LogP contribution >= 0.6 is 29.3 Å². The van der Waals surface area contributed by atoms with Crippen LogP contribution in [0.1, 0.15) is 77.1 Å². The van der Waals surface area contributed by atoms with E-state index in [1.165, 1.54) is 34.6 Å². The fourth-order valence-corrected chi connectivity index (χ4v) is 8.27. The summed E-state index contributed by atoms with van der Waals surface area (Å²) in [5, 5.41) is 18.4. The van der Waals surface area contributed by atoms with Gasteiger partial charge in [-0.25, -0.2) is 15.0 Å². The van der Waals surface area contributed by atoms with E-state index >= 15 is 0 Å². The monoisotopic (exact) mass is 845 g/mol. The van der Waals surface area contributed by atoms with Crippen molar-refractivity contribution in [1.29, 1.82) is 0 Å². The van der Waals surface area contributed by atoms with E-state index in [1.54, 1.807) is 6.92 Å². The summed E-state index contributed by atoms with van der Waals surface area (Å²) in [6, 6.07) is 1.34. The normalized spacial score (nSPS) is 19.6. The Morgan fingerprint density at radius 1 is 0.982 bits per heavy atom. The van der Waals surface area contributed by atoms with Crippen molar-refractivity contribution in [2.24, 2.45) is 0 Å². The smallest absolute Gasteiger partial charge is 0.350 e. The van der Waals surface area contributed by atoms with Gasteiger partial charge in [0.05, 0.1) is 13.2 Å². The number of aryl methyl sites for hydroxylation is 1. The molecule has 0 saturated carbocycles. The van der Waals surface area contributed by atoms with Crippen LogP contribution in [0.25, 0.3) is 0 Å². The molecule has 1 fully saturated rings. The zero-order valence-electron chi connectivity index (χ0n) is 32.5. The quantitative estimate of drug-likeness (QED) is 0.0220. The Bertz CT molecular complexity index is 1580. The van der Waals surface area contributed by atoms with Gasteiger partial charge in [0.25, 0.3) is 0 Å². The molecule has 18 heteroatoms. The van der Waals surface area contributed by atoms with Crippen molar-refractivity contribution in [3.05, 3.63) is 89.2 Å². The van der Waals surface area contributed by atoms with Gasteiger partial charge in [-0.3, -0.25) is 18.7 Å². The second-order valence-corrected chi connectivity index (χ2v) is 17.1. The molecule has 56 heavy (non-hydrogen) atoms. The highest BCUT2D eigenvalue weighted by atomic mass is 33.1. The van der Waals surface area contributed by atoms with Crippen LogP contribution in [0.2, 0.25) is 0 Å². The molecule has 0 bridgehead atoms. The average molecular weight is 846 g/mol. The van der Waals surface area contributed by atoms with Crippen LogP contribution in [0.3, 0.4) is 0 Å². The number of amides is 1. The number of esters is 1. The van der Waals surface area contributed by atoms with E-state index in [1.807, 2.05) is 0 Å². The van der Waals surface area contributed by atoms with Crippen LogP contribution in [0.15, 0.2) is 77.8 Å². The molecule has 0 aromatic carbocycles. The summed E-state index contributed by atoms with van der Waals surface area (Å²) in [6.07, 6.45) is 23.2. The maximum atomic E-state index is 15.0. The number of ether oxygens (including phenoxy) is 2. The van der Waals surface area contributed by atoms with E-state index in [4.69, 9.17) is 14.0 Å². The molecule has 2 heterocycles. The molecule has 13 nitrogen and oxygen atoms in total. The maximum Gasteiger partial charge on any atom is 0.350 e. The lowest BCUT2D eigenvalue weighted by atomic mass is 10.1. The van der Waals surface area contributed by atoms with E-state index in [0.717, 1.165) is 51.1 Å². The van der Waals surface area contributed by atoms with E-state index in [0.29, 0.717) is 34.7 Å². The van der Waals surface area contributed by atoms with E-state index in [2.05, 4.69) is 88.2 Å². The number of rotatable bonds is 29. The summed E-state index contributed by atoms with van der Waals surface area (Å²) in [4.78, 5) is 40.0. The zero-order valence-corrected chi connectivity index (χ0v) is 35.0. The van der Waals surface area contributed by atoms with Gasteiger partial charge in [0.1, 0.15) is 12.6 Å². The highest BCUT2D eigenvalue weighted by Gasteiger charge is 2.60. The highest BCUT2D eigenvalue weighted by molar-refractivity contribution is 8.76. The molecule has 2 rings (SSSR count). The molecule has 1 aromatic heterocycles. The third kappa shape index (κ3) is 20.0. The predicted molar refractivity (Wildman–Crippen MR) is 221 cm³/mol. The van der Waals surface area contributed by atoms with Crippen LogP contribution in [0.4, 0.5) is 8.78 Å². The van der Waals surface area contributed by atoms with Gasteiger partial charge < -0.3 is 24.4 Å². The predicted octanol–water partition coefficient (Wildman–Crippen LogP) is 6.73. The minimum Gasteiger partial charge on any atom is -0.465 e. The number of alkyl halides is 2. The molecule has 4 atom stereocenters. The molecule has 1 saturated heterocycles. The molecular formula is C38H58F2N5O8PS2. The number of hydrogen-bond donors (Lipinski definition) is 4. The second-order valence-electron chi connectivity index (χ2n) is 12.4. The SMILES string of the molecule is CCC=CCC=CCC=CCC=CCC=CCCCC(=O)NCCSSCCNP(=O)(NCC(=O)OCC)OCC1OC(n2ccc(C)nc2=O)C(F)(F)C1O. The number of carbonyl (C=O) groups excluding carboxylic acids is 2. The van der Waals surface area contributed by atoms with E-state index in [-0.39, 0.29) is 19.1 Å². The minimum absolute atomic E-state index is 0.0154. The zero-order chi connectivity index (χ0) is 41.1. The Kier molecular flexibility index (Phi) is 25.1. The molecule has 0 aliphatic carbocycles. The lowest BCUT2D eigenvalue weighted by Crippen LogP contribution is -2.42. The Balaban J connectivity index is 1.63. The number of nitrogens with one attached hydrogen (secondary N) is 3. The largest absolute Gasteiger partial charge is 0.465 e. The average Bonchev–Trinajstić information content (AvgIpc) is 3.39. The third-order valence-corrected chi connectivity index (χ3v) is 11.9. The summed E-state index contributed by atoms with van der Waals surface area (Å²) < 4.78 is 59.7. The summed E-state index contributed by atoms with van der Waals surface area (Å²) in [5.74, 6) is -3.55. The Morgan fingerprint density at radius 3 is 2.20 bits per heavy atom. The highest BCUT2D eigenvalue weighted by Crippen LogP contribution is 2.44. The van der Waals surface area contributed by atoms with Crippen LogP contribution < -0.4 is 21.2 Å². The number of carbonyl (C=O) groups is 2. The summed E-state index contributed by atoms with van der Waals surface area (Å²) in [6.45, 7) is 4.69. The molecule has 314 valence electrons. The molecule has 1 aliphatic heterocycles. The number of hydrogen-bond acceptors (Lipinski definition) is 11. The van der Waals surface area contributed by atoms with Crippen LogP contribution in [0, 0.1) is 6.92 Å². The molecule has 4 N–H and O–H groups in total. The van der Waals surface area contributed by atoms with Gasteiger partial charge in [0.15, 0.2) is 6.10 Å². The molecule has 0 radical (unpaired) electrons. The molecule has 1 aliphatic rings. The Morgan fingerprint density at radius 2 is 1.59 bits per heavy atom. The lowest BCUT2D eigenvalue weighted by Gasteiger charge is -2.23. The molecule has 0 spiro atoms. The van der Waals surface area contributed by atoms with Crippen molar-refractivity contribution < 1.29 is 42.0 Å². The number of unbranched alkanes of at least 4 members (excludes halogenated alkanes) is 1. The van der Waals surface area contributed by atoms with Gasteiger partial charge in [-0.2, -0.15) is 13.8 Å². The van der Waals surface area contributed by atoms with Crippen LogP contribution in [-0.2, 0) is 28.2 Å². The first-order chi connectivity index (χ1) is 26.9. The summed E-state index contributed by atoms with van der Waals surface area (Å²) >= 11 is 0. The first-order valence-electron chi connectivity index (χ1n) is 18.9. The number of allylic oxidation sites excluding steroid dienone is 10. The Hall–Kier alpha value is -2.89. The van der Waals surface area contributed by atoms with Crippen molar-refractivity contribution in [2.75, 3.05) is 44.4 Å². The molecular weight excluding hydrogens is 788 g/mol. The van der Waals surface area contributed by atoms with Crippen LogP contribution in [0.5, 0.6) is 0 Å². The number of aliphatic hydroxyl groups excluding tert-OH is 1. The van der Waals surface area contributed by atoms with Gasteiger partial charge in [0.2, 0.25) is 12.1 Å². The lowest BCUT2D eigenvalue weighted by molar-refractivity contribution is -0.141. The van der Waals surface area contributed by atoms with Crippen molar-refractivity contribution >= 4 is 41.1 Å². The van der Waals surface area contributed by atoms with Gasteiger partial charge in [-0.05, 0) is 64.9 Å². The number of halogens is 2. The van der Waals surface area contributed by atoms with Gasteiger partial charge in [-0.1, -0.05) is 89.3 Å². The minimum atomic E-state index is -4.04. The number of nitrogens with zero attached hydrogens (tertiary/aromatic N) is 2. The van der Waals surface area contributed by atoms with Gasteiger partial charge in [0, 0.05) is 42.9 Å². The number of aliphatic hydroxyl groups is 1. The summed E-state index contributed by atoms with van der Waals surface area (Å²) in [5.41, 5.74) is -0.673. The van der Waals surface area contributed by atoms with Crippen molar-refractivity contribution in [1.82, 2.24) is 25.0 Å². The van der Waals surface area contributed by atoms with Crippen LogP contribution in [-0.4, -0.2) is 89.0 Å². The summed E-state index contributed by atoms with van der Waals surface area (Å²) in [7, 11) is -1.10. The first kappa shape index (κ1) is 49.3. The maximum absolute atomic E-state index is 15.0. The fraction of sp³-hybridized carbons (Fsp3) is 0.579. The van der Waals surface area contributed by atoms with Gasteiger partial charge >= 0.3 is 25.3 Å². The number of aromatic nitrogens is 2. The second kappa shape index (κ2) is 28.5. The molecule has 4 unspecified atom stereocenters. The first-order valence-corrected chi connectivity index (χ1v) is 23.0.